The topological polar surface area (TPSA) is 214 Å². The van der Waals surface area contributed by atoms with Gasteiger partial charge in [-0.05, 0) is 38.5 Å². The van der Waals surface area contributed by atoms with Crippen LogP contribution in [-0.2, 0) is 33.2 Å². The number of esters is 1. The smallest absolute Gasteiger partial charge is 0.306 e. The maximum Gasteiger partial charge on any atom is 0.306 e. The Balaban J connectivity index is 1.70. The van der Waals surface area contributed by atoms with Gasteiger partial charge in [-0.15, -0.1) is 0 Å². The van der Waals surface area contributed by atoms with Crippen molar-refractivity contribution in [3.8, 4) is 0 Å². The van der Waals surface area contributed by atoms with Crippen LogP contribution < -0.4 is 0 Å². The molecule has 73 heavy (non-hydrogen) atoms. The monoisotopic (exact) mass is 1040 g/mol. The molecule has 11 atom stereocenters. The van der Waals surface area contributed by atoms with Crippen molar-refractivity contribution in [2.24, 2.45) is 0 Å². The van der Waals surface area contributed by atoms with E-state index in [2.05, 4.69) is 26.0 Å². The van der Waals surface area contributed by atoms with Crippen molar-refractivity contribution >= 4 is 5.97 Å². The van der Waals surface area contributed by atoms with E-state index in [4.69, 9.17) is 28.4 Å². The summed E-state index contributed by atoms with van der Waals surface area (Å²) in [5.74, 6) is -0.372. The lowest BCUT2D eigenvalue weighted by Gasteiger charge is -2.42. The minimum Gasteiger partial charge on any atom is -0.457 e. The molecule has 7 N–H and O–H groups in total. The Hall–Kier alpha value is -1.27. The lowest BCUT2D eigenvalue weighted by molar-refractivity contribution is -0.332. The van der Waals surface area contributed by atoms with Crippen molar-refractivity contribution in [1.82, 2.24) is 0 Å². The molecule has 2 fully saturated rings. The summed E-state index contributed by atoms with van der Waals surface area (Å²) in [6.45, 7) is 3.75. The van der Waals surface area contributed by atoms with Crippen LogP contribution in [0.4, 0.5) is 0 Å². The molecule has 2 aliphatic rings. The molecule has 0 aromatic carbocycles. The van der Waals surface area contributed by atoms with Crippen LogP contribution in [-0.4, -0.2) is 142 Å². The van der Waals surface area contributed by atoms with Gasteiger partial charge >= 0.3 is 5.97 Å². The van der Waals surface area contributed by atoms with Crippen molar-refractivity contribution in [3.63, 3.8) is 0 Å². The summed E-state index contributed by atoms with van der Waals surface area (Å²) in [6, 6.07) is 0. The second kappa shape index (κ2) is 46.8. The third kappa shape index (κ3) is 33.6. The normalized spacial score (nSPS) is 24.9. The molecule has 2 rings (SSSR count). The average molecular weight is 1050 g/mol. The molecule has 11 unspecified atom stereocenters. The summed E-state index contributed by atoms with van der Waals surface area (Å²) >= 11 is 0. The zero-order chi connectivity index (χ0) is 53.0. The summed E-state index contributed by atoms with van der Waals surface area (Å²) in [4.78, 5) is 13.1. The molecule has 0 amide bonds. The summed E-state index contributed by atoms with van der Waals surface area (Å²) in [5.41, 5.74) is 0. The first-order valence-corrected chi connectivity index (χ1v) is 30.3. The van der Waals surface area contributed by atoms with Gasteiger partial charge in [-0.1, -0.05) is 225 Å². The number of carbonyl (C=O) groups excluding carboxylic acids is 1. The second-order valence-electron chi connectivity index (χ2n) is 21.5. The third-order valence-corrected chi connectivity index (χ3v) is 14.8. The van der Waals surface area contributed by atoms with E-state index in [1.165, 1.54) is 193 Å². The van der Waals surface area contributed by atoms with Crippen LogP contribution in [0.1, 0.15) is 258 Å². The summed E-state index contributed by atoms with van der Waals surface area (Å²) in [7, 11) is 0. The predicted octanol–water partition coefficient (Wildman–Crippen LogP) is 11.0. The van der Waals surface area contributed by atoms with E-state index in [9.17, 15) is 40.5 Å². The van der Waals surface area contributed by atoms with E-state index in [1.54, 1.807) is 0 Å². The summed E-state index contributed by atoms with van der Waals surface area (Å²) in [5, 5.41) is 72.4. The quantitative estimate of drug-likeness (QED) is 0.0172. The fourth-order valence-electron chi connectivity index (χ4n) is 9.87. The molecule has 0 radical (unpaired) electrons. The number of hydrogen-bond acceptors (Lipinski definition) is 14. The number of aliphatic hydroxyl groups is 7. The van der Waals surface area contributed by atoms with E-state index in [0.29, 0.717) is 13.0 Å². The Morgan fingerprint density at radius 2 is 0.808 bits per heavy atom. The minimum absolute atomic E-state index is 0.0674. The van der Waals surface area contributed by atoms with Gasteiger partial charge in [-0.25, -0.2) is 0 Å². The Morgan fingerprint density at radius 3 is 1.25 bits per heavy atom. The van der Waals surface area contributed by atoms with Crippen molar-refractivity contribution in [2.45, 2.75) is 325 Å². The molecule has 0 bridgehead atoms. The van der Waals surface area contributed by atoms with Crippen molar-refractivity contribution < 1.29 is 69.0 Å². The Labute approximate surface area is 444 Å². The molecule has 0 spiro atoms. The van der Waals surface area contributed by atoms with Crippen LogP contribution in [0.2, 0.25) is 0 Å². The Bertz CT molecular complexity index is 1260. The first-order chi connectivity index (χ1) is 35.6. The first-order valence-electron chi connectivity index (χ1n) is 30.3. The number of rotatable bonds is 50. The fourth-order valence-corrected chi connectivity index (χ4v) is 9.87. The van der Waals surface area contributed by atoms with Gasteiger partial charge in [-0.3, -0.25) is 4.79 Å². The van der Waals surface area contributed by atoms with Gasteiger partial charge in [0.05, 0.1) is 26.4 Å². The molecule has 0 saturated carbocycles. The van der Waals surface area contributed by atoms with Crippen LogP contribution >= 0.6 is 0 Å². The van der Waals surface area contributed by atoms with E-state index >= 15 is 0 Å². The number of allylic oxidation sites excluding steroid dienone is 2. The highest BCUT2D eigenvalue weighted by atomic mass is 16.7. The third-order valence-electron chi connectivity index (χ3n) is 14.8. The maximum atomic E-state index is 13.1. The predicted molar refractivity (Wildman–Crippen MR) is 289 cm³/mol. The average Bonchev–Trinajstić information content (AvgIpc) is 3.39. The summed E-state index contributed by atoms with van der Waals surface area (Å²) in [6.07, 6.45) is 35.6. The van der Waals surface area contributed by atoms with Gasteiger partial charge in [0.25, 0.3) is 0 Å². The van der Waals surface area contributed by atoms with Gasteiger partial charge in [-0.2, -0.15) is 0 Å². The van der Waals surface area contributed by atoms with Gasteiger partial charge in [0.15, 0.2) is 12.6 Å². The van der Waals surface area contributed by atoms with Crippen LogP contribution in [0, 0.1) is 0 Å². The van der Waals surface area contributed by atoms with Gasteiger partial charge in [0, 0.05) is 13.0 Å². The standard InChI is InChI=1S/C59H112O14/c1-3-5-7-9-11-13-15-17-19-21-23-25-27-29-31-33-35-37-39-41-43-68-45-48(71-51(61)42-40-38-36-34-32-30-28-26-24-22-20-18-16-14-12-10-8-6-4-2)46-69-58-57(67)55(65)53(63)50(73-58)47-70-59-56(66)54(64)52(62)49(44-60)72-59/h18,20,48-50,52-60,62-67H,3-17,19,21-47H2,1-2H3/b20-18-. The Morgan fingerprint density at radius 1 is 0.438 bits per heavy atom. The van der Waals surface area contributed by atoms with E-state index in [-0.39, 0.29) is 25.6 Å². The Kier molecular flexibility index (Phi) is 43.5. The molecular formula is C59H112O14. The highest BCUT2D eigenvalue weighted by molar-refractivity contribution is 5.69. The molecule has 2 aliphatic heterocycles. The molecule has 0 aromatic heterocycles. The molecule has 0 aromatic rings. The molecule has 2 heterocycles. The highest BCUT2D eigenvalue weighted by Gasteiger charge is 2.47. The highest BCUT2D eigenvalue weighted by Crippen LogP contribution is 2.27. The van der Waals surface area contributed by atoms with Crippen molar-refractivity contribution in [2.75, 3.05) is 33.0 Å². The van der Waals surface area contributed by atoms with E-state index < -0.39 is 80.7 Å². The SMILES string of the molecule is CCCCCCCC/C=C\CCCCCCCCCCCC(=O)OC(COCCCCCCCCCCCCCCCCCCCCCC)COC1OC(COC2OC(CO)C(O)C(O)C2O)C(O)C(O)C1O. The van der Waals surface area contributed by atoms with E-state index in [1.807, 2.05) is 0 Å². The zero-order valence-electron chi connectivity index (χ0n) is 46.4. The largest absolute Gasteiger partial charge is 0.457 e. The number of ether oxygens (including phenoxy) is 6. The van der Waals surface area contributed by atoms with Crippen LogP contribution in [0.5, 0.6) is 0 Å². The van der Waals surface area contributed by atoms with Crippen molar-refractivity contribution in [1.29, 1.82) is 0 Å². The number of aliphatic hydroxyl groups excluding tert-OH is 7. The molecule has 0 aliphatic carbocycles. The molecule has 2 saturated heterocycles. The number of hydrogen-bond donors (Lipinski definition) is 7. The van der Waals surface area contributed by atoms with Gasteiger partial charge < -0.3 is 64.2 Å². The second-order valence-corrected chi connectivity index (χ2v) is 21.5. The van der Waals surface area contributed by atoms with Crippen molar-refractivity contribution in [3.05, 3.63) is 12.2 Å². The molecule has 14 nitrogen and oxygen atoms in total. The van der Waals surface area contributed by atoms with Gasteiger partial charge in [0.1, 0.15) is 54.9 Å². The maximum absolute atomic E-state index is 13.1. The molecule has 14 heteroatoms. The molecular weight excluding hydrogens is 933 g/mol. The van der Waals surface area contributed by atoms with Crippen LogP contribution in [0.25, 0.3) is 0 Å². The summed E-state index contributed by atoms with van der Waals surface area (Å²) < 4.78 is 34.4. The number of unbranched alkanes of at least 4 members (excludes halogenated alkanes) is 34. The lowest BCUT2D eigenvalue weighted by Crippen LogP contribution is -2.61. The van der Waals surface area contributed by atoms with E-state index in [0.717, 1.165) is 38.5 Å². The number of carbonyl (C=O) groups is 1. The fraction of sp³-hybridized carbons (Fsp3) is 0.949. The molecule has 432 valence electrons. The first kappa shape index (κ1) is 67.8. The zero-order valence-corrected chi connectivity index (χ0v) is 46.4. The van der Waals surface area contributed by atoms with Crippen LogP contribution in [0.3, 0.4) is 0 Å². The lowest BCUT2D eigenvalue weighted by atomic mass is 9.98. The van der Waals surface area contributed by atoms with Gasteiger partial charge in [0.2, 0.25) is 0 Å². The van der Waals surface area contributed by atoms with Crippen LogP contribution in [0.15, 0.2) is 12.2 Å². The minimum atomic E-state index is -1.70.